The number of thioether (sulfide) groups is 1. The fourth-order valence-corrected chi connectivity index (χ4v) is 1.69. The maximum atomic E-state index is 5.53. The number of nitrogens with zero attached hydrogens (tertiary/aromatic N) is 2. The molecule has 1 rings (SSSR count). The highest BCUT2D eigenvalue weighted by atomic mass is 32.2. The molecule has 2 N–H and O–H groups in total. The number of hydrogen-bond acceptors (Lipinski definition) is 3. The average Bonchev–Trinajstić information content (AvgIpc) is 2.62. The molecule has 0 saturated heterocycles. The molecule has 0 amide bonds. The van der Waals surface area contributed by atoms with Gasteiger partial charge < -0.3 is 10.3 Å². The Balaban J connectivity index is 2.45. The summed E-state index contributed by atoms with van der Waals surface area (Å²) in [7, 11) is 0. The van der Waals surface area contributed by atoms with Crippen LogP contribution in [0.25, 0.3) is 0 Å². The monoisotopic (exact) mass is 213 g/mol. The van der Waals surface area contributed by atoms with Crippen LogP contribution in [0.2, 0.25) is 0 Å². The minimum absolute atomic E-state index is 0.698. The van der Waals surface area contributed by atoms with Crippen molar-refractivity contribution < 1.29 is 0 Å². The molecule has 0 radical (unpaired) electrons. The summed E-state index contributed by atoms with van der Waals surface area (Å²) in [6, 6.07) is 0. The SMILES string of the molecule is CSC(C)CCn1cncc1CCN. The Hall–Kier alpha value is -0.480. The Morgan fingerprint density at radius 3 is 3.07 bits per heavy atom. The Labute approximate surface area is 90.1 Å². The smallest absolute Gasteiger partial charge is 0.0948 e. The lowest BCUT2D eigenvalue weighted by molar-refractivity contribution is 0.614. The standard InChI is InChI=1S/C10H19N3S/c1-9(14-2)4-6-13-8-12-7-10(13)3-5-11/h7-9H,3-6,11H2,1-2H3. The number of rotatable bonds is 6. The maximum Gasteiger partial charge on any atom is 0.0948 e. The largest absolute Gasteiger partial charge is 0.335 e. The fourth-order valence-electron chi connectivity index (χ4n) is 1.34. The Morgan fingerprint density at radius 1 is 1.64 bits per heavy atom. The van der Waals surface area contributed by atoms with Gasteiger partial charge in [0, 0.05) is 30.1 Å². The number of imidazole rings is 1. The van der Waals surface area contributed by atoms with Crippen LogP contribution in [-0.2, 0) is 13.0 Å². The molecule has 0 fully saturated rings. The van der Waals surface area contributed by atoms with Gasteiger partial charge in [-0.3, -0.25) is 0 Å². The molecule has 0 aromatic carbocycles. The van der Waals surface area contributed by atoms with Gasteiger partial charge in [0.1, 0.15) is 0 Å². The van der Waals surface area contributed by atoms with E-state index in [9.17, 15) is 0 Å². The lowest BCUT2D eigenvalue weighted by Gasteiger charge is -2.10. The van der Waals surface area contributed by atoms with Crippen LogP contribution in [-0.4, -0.2) is 27.6 Å². The van der Waals surface area contributed by atoms with Gasteiger partial charge in [0.15, 0.2) is 0 Å². The zero-order valence-electron chi connectivity index (χ0n) is 8.94. The van der Waals surface area contributed by atoms with Gasteiger partial charge >= 0.3 is 0 Å². The summed E-state index contributed by atoms with van der Waals surface area (Å²) in [5.74, 6) is 0. The van der Waals surface area contributed by atoms with E-state index in [0.717, 1.165) is 13.0 Å². The molecule has 0 aliphatic rings. The van der Waals surface area contributed by atoms with E-state index in [0.29, 0.717) is 11.8 Å². The normalized spacial score (nSPS) is 13.1. The van der Waals surface area contributed by atoms with Gasteiger partial charge in [0.25, 0.3) is 0 Å². The molecule has 0 aliphatic carbocycles. The molecule has 14 heavy (non-hydrogen) atoms. The highest BCUT2D eigenvalue weighted by molar-refractivity contribution is 7.99. The third-order valence-corrected chi connectivity index (χ3v) is 3.42. The van der Waals surface area contributed by atoms with Crippen molar-refractivity contribution in [2.75, 3.05) is 12.8 Å². The predicted molar refractivity (Wildman–Crippen MR) is 62.6 cm³/mol. The van der Waals surface area contributed by atoms with Crippen LogP contribution in [0.1, 0.15) is 19.0 Å². The summed E-state index contributed by atoms with van der Waals surface area (Å²) in [5, 5.41) is 0.711. The van der Waals surface area contributed by atoms with Gasteiger partial charge in [0.05, 0.1) is 6.33 Å². The zero-order valence-corrected chi connectivity index (χ0v) is 9.76. The van der Waals surface area contributed by atoms with Crippen molar-refractivity contribution >= 4 is 11.8 Å². The first-order valence-corrected chi connectivity index (χ1v) is 6.28. The molecule has 0 bridgehead atoms. The van der Waals surface area contributed by atoms with Crippen molar-refractivity contribution in [2.24, 2.45) is 5.73 Å². The first-order valence-electron chi connectivity index (χ1n) is 4.99. The van der Waals surface area contributed by atoms with E-state index in [1.54, 1.807) is 0 Å². The van der Waals surface area contributed by atoms with E-state index in [2.05, 4.69) is 22.7 Å². The molecule has 1 aromatic rings. The van der Waals surface area contributed by atoms with Crippen molar-refractivity contribution in [1.29, 1.82) is 0 Å². The van der Waals surface area contributed by atoms with Crippen molar-refractivity contribution in [3.63, 3.8) is 0 Å². The zero-order chi connectivity index (χ0) is 10.4. The number of aromatic nitrogens is 2. The minimum atomic E-state index is 0.698. The molecule has 80 valence electrons. The predicted octanol–water partition coefficient (Wildman–Crippen LogP) is 1.53. The van der Waals surface area contributed by atoms with Crippen LogP contribution in [0.5, 0.6) is 0 Å². The van der Waals surface area contributed by atoms with Gasteiger partial charge in [-0.05, 0) is 19.2 Å². The summed E-state index contributed by atoms with van der Waals surface area (Å²) in [5.41, 5.74) is 6.78. The number of nitrogens with two attached hydrogens (primary N) is 1. The highest BCUT2D eigenvalue weighted by Crippen LogP contribution is 2.11. The quantitative estimate of drug-likeness (QED) is 0.779. The lowest BCUT2D eigenvalue weighted by Crippen LogP contribution is -2.10. The lowest BCUT2D eigenvalue weighted by atomic mass is 10.3. The number of hydrogen-bond donors (Lipinski definition) is 1. The Morgan fingerprint density at radius 2 is 2.43 bits per heavy atom. The van der Waals surface area contributed by atoms with E-state index in [1.165, 1.54) is 12.1 Å². The second kappa shape index (κ2) is 6.09. The molecule has 3 nitrogen and oxygen atoms in total. The first-order chi connectivity index (χ1) is 6.77. The summed E-state index contributed by atoms with van der Waals surface area (Å²) in [6.07, 6.45) is 8.08. The Bertz CT molecular complexity index is 260. The van der Waals surface area contributed by atoms with Gasteiger partial charge in [-0.2, -0.15) is 11.8 Å². The van der Waals surface area contributed by atoms with Gasteiger partial charge in [-0.1, -0.05) is 6.92 Å². The first kappa shape index (κ1) is 11.6. The van der Waals surface area contributed by atoms with Crippen molar-refractivity contribution in [2.45, 2.75) is 31.6 Å². The molecular formula is C10H19N3S. The second-order valence-electron chi connectivity index (χ2n) is 3.45. The minimum Gasteiger partial charge on any atom is -0.335 e. The number of aryl methyl sites for hydroxylation is 1. The molecule has 0 spiro atoms. The van der Waals surface area contributed by atoms with Crippen LogP contribution < -0.4 is 5.73 Å². The van der Waals surface area contributed by atoms with Crippen molar-refractivity contribution in [1.82, 2.24) is 9.55 Å². The topological polar surface area (TPSA) is 43.8 Å². The molecule has 1 aromatic heterocycles. The van der Waals surface area contributed by atoms with Crippen LogP contribution in [0.15, 0.2) is 12.5 Å². The van der Waals surface area contributed by atoms with E-state index >= 15 is 0 Å². The van der Waals surface area contributed by atoms with Crippen molar-refractivity contribution in [3.8, 4) is 0 Å². The van der Waals surface area contributed by atoms with Crippen LogP contribution in [0, 0.1) is 0 Å². The molecule has 0 saturated carbocycles. The third kappa shape index (κ3) is 3.35. The summed E-state index contributed by atoms with van der Waals surface area (Å²) >= 11 is 1.91. The van der Waals surface area contributed by atoms with E-state index in [1.807, 2.05) is 24.3 Å². The maximum absolute atomic E-state index is 5.53. The average molecular weight is 213 g/mol. The molecule has 1 unspecified atom stereocenters. The van der Waals surface area contributed by atoms with Crippen LogP contribution >= 0.6 is 11.8 Å². The third-order valence-electron chi connectivity index (χ3n) is 2.38. The van der Waals surface area contributed by atoms with Gasteiger partial charge in [-0.25, -0.2) is 4.98 Å². The van der Waals surface area contributed by atoms with Crippen LogP contribution in [0.4, 0.5) is 0 Å². The summed E-state index contributed by atoms with van der Waals surface area (Å²) in [4.78, 5) is 4.15. The van der Waals surface area contributed by atoms with Crippen LogP contribution in [0.3, 0.4) is 0 Å². The van der Waals surface area contributed by atoms with E-state index in [4.69, 9.17) is 5.73 Å². The van der Waals surface area contributed by atoms with Gasteiger partial charge in [-0.15, -0.1) is 0 Å². The highest BCUT2D eigenvalue weighted by Gasteiger charge is 2.03. The second-order valence-corrected chi connectivity index (χ2v) is 4.73. The summed E-state index contributed by atoms with van der Waals surface area (Å²) < 4.78 is 2.21. The summed E-state index contributed by atoms with van der Waals surface area (Å²) in [6.45, 7) is 4.01. The van der Waals surface area contributed by atoms with E-state index in [-0.39, 0.29) is 0 Å². The molecule has 1 atom stereocenters. The molecular weight excluding hydrogens is 194 g/mol. The molecule has 4 heteroatoms. The van der Waals surface area contributed by atoms with Gasteiger partial charge in [0.2, 0.25) is 0 Å². The van der Waals surface area contributed by atoms with Crippen molar-refractivity contribution in [3.05, 3.63) is 18.2 Å². The Kier molecular flexibility index (Phi) is 5.04. The fraction of sp³-hybridized carbons (Fsp3) is 0.700. The van der Waals surface area contributed by atoms with E-state index < -0.39 is 0 Å². The molecule has 1 heterocycles. The molecule has 0 aliphatic heterocycles.